The summed E-state index contributed by atoms with van der Waals surface area (Å²) < 4.78 is 11.3. The Kier molecular flexibility index (Phi) is 4.84. The molecule has 2 rings (SSSR count). The summed E-state index contributed by atoms with van der Waals surface area (Å²) in [5.74, 6) is 0.189. The maximum Gasteiger partial charge on any atom is 0.342 e. The Balaban J connectivity index is 2.24. The first kappa shape index (κ1) is 15.4. The SMILES string of the molecule is C=CCOc1ccc(C=C)cc1C(=O)OC1(C)CCCC1. The minimum atomic E-state index is -0.350. The summed E-state index contributed by atoms with van der Waals surface area (Å²) in [4.78, 5) is 12.5. The molecule has 0 aromatic heterocycles. The fourth-order valence-electron chi connectivity index (χ4n) is 2.61. The van der Waals surface area contributed by atoms with E-state index in [4.69, 9.17) is 9.47 Å². The van der Waals surface area contributed by atoms with Gasteiger partial charge in [0.2, 0.25) is 0 Å². The van der Waals surface area contributed by atoms with Crippen LogP contribution >= 0.6 is 0 Å². The van der Waals surface area contributed by atoms with Crippen LogP contribution in [0.3, 0.4) is 0 Å². The van der Waals surface area contributed by atoms with Gasteiger partial charge in [0, 0.05) is 0 Å². The van der Waals surface area contributed by atoms with Gasteiger partial charge in [-0.3, -0.25) is 0 Å². The largest absolute Gasteiger partial charge is 0.489 e. The normalized spacial score (nSPS) is 16.2. The van der Waals surface area contributed by atoms with Crippen molar-refractivity contribution >= 4 is 12.0 Å². The highest BCUT2D eigenvalue weighted by Crippen LogP contribution is 2.34. The van der Waals surface area contributed by atoms with Crippen molar-refractivity contribution in [2.75, 3.05) is 6.61 Å². The van der Waals surface area contributed by atoms with Gasteiger partial charge < -0.3 is 9.47 Å². The number of hydrogen-bond acceptors (Lipinski definition) is 3. The summed E-state index contributed by atoms with van der Waals surface area (Å²) in [6.45, 7) is 9.70. The lowest BCUT2D eigenvalue weighted by Crippen LogP contribution is -2.28. The third-order valence-corrected chi connectivity index (χ3v) is 3.82. The van der Waals surface area contributed by atoms with Gasteiger partial charge in [-0.15, -0.1) is 0 Å². The Labute approximate surface area is 126 Å². The topological polar surface area (TPSA) is 35.5 Å². The second-order valence-corrected chi connectivity index (χ2v) is 5.61. The van der Waals surface area contributed by atoms with E-state index < -0.39 is 0 Å². The molecule has 21 heavy (non-hydrogen) atoms. The van der Waals surface area contributed by atoms with Gasteiger partial charge in [-0.2, -0.15) is 0 Å². The predicted molar refractivity (Wildman–Crippen MR) is 84.5 cm³/mol. The first-order chi connectivity index (χ1) is 10.1. The summed E-state index contributed by atoms with van der Waals surface area (Å²) in [5.41, 5.74) is 0.962. The predicted octanol–water partition coefficient (Wildman–Crippen LogP) is 4.38. The van der Waals surface area contributed by atoms with Gasteiger partial charge in [-0.1, -0.05) is 31.4 Å². The van der Waals surface area contributed by atoms with Crippen molar-refractivity contribution in [2.45, 2.75) is 38.2 Å². The molecule has 0 unspecified atom stereocenters. The van der Waals surface area contributed by atoms with E-state index in [0.717, 1.165) is 31.2 Å². The second-order valence-electron chi connectivity index (χ2n) is 5.61. The summed E-state index contributed by atoms with van der Waals surface area (Å²) in [5, 5.41) is 0. The van der Waals surface area contributed by atoms with Crippen molar-refractivity contribution in [3.05, 3.63) is 48.6 Å². The van der Waals surface area contributed by atoms with E-state index in [0.29, 0.717) is 17.9 Å². The molecule has 1 aliphatic carbocycles. The van der Waals surface area contributed by atoms with E-state index in [9.17, 15) is 4.79 Å². The van der Waals surface area contributed by atoms with E-state index in [-0.39, 0.29) is 11.6 Å². The van der Waals surface area contributed by atoms with Crippen molar-refractivity contribution in [1.29, 1.82) is 0 Å². The van der Waals surface area contributed by atoms with Crippen molar-refractivity contribution < 1.29 is 14.3 Å². The Morgan fingerprint density at radius 3 is 2.67 bits per heavy atom. The molecule has 0 N–H and O–H groups in total. The monoisotopic (exact) mass is 286 g/mol. The molecule has 1 aromatic carbocycles. The van der Waals surface area contributed by atoms with Gasteiger partial charge in [0.15, 0.2) is 0 Å². The van der Waals surface area contributed by atoms with Crippen molar-refractivity contribution in [2.24, 2.45) is 0 Å². The number of esters is 1. The number of carbonyl (C=O) groups is 1. The Morgan fingerprint density at radius 1 is 1.33 bits per heavy atom. The second kappa shape index (κ2) is 6.61. The van der Waals surface area contributed by atoms with Gasteiger partial charge in [0.05, 0.1) is 0 Å². The van der Waals surface area contributed by atoms with Gasteiger partial charge in [-0.05, 0) is 50.3 Å². The van der Waals surface area contributed by atoms with Crippen LogP contribution in [0.2, 0.25) is 0 Å². The van der Waals surface area contributed by atoms with Crippen LogP contribution in [0.15, 0.2) is 37.4 Å². The molecule has 0 heterocycles. The molecule has 112 valence electrons. The van der Waals surface area contributed by atoms with E-state index >= 15 is 0 Å². The smallest absolute Gasteiger partial charge is 0.342 e. The lowest BCUT2D eigenvalue weighted by molar-refractivity contribution is -0.00639. The maximum absolute atomic E-state index is 12.5. The number of hydrogen-bond donors (Lipinski definition) is 0. The molecule has 0 amide bonds. The fraction of sp³-hybridized carbons (Fsp3) is 0.389. The molecule has 0 atom stereocenters. The van der Waals surface area contributed by atoms with Crippen LogP contribution in [0.1, 0.15) is 48.5 Å². The number of ether oxygens (including phenoxy) is 2. The Bertz CT molecular complexity index is 539. The standard InChI is InChI=1S/C18H22O3/c1-4-12-20-16-9-8-14(5-2)13-15(16)17(19)21-18(3)10-6-7-11-18/h4-5,8-9,13H,1-2,6-7,10-12H2,3H3. The molecule has 3 heteroatoms. The van der Waals surface area contributed by atoms with Crippen molar-refractivity contribution in [1.82, 2.24) is 0 Å². The summed E-state index contributed by atoms with van der Waals surface area (Å²) in [7, 11) is 0. The van der Waals surface area contributed by atoms with Gasteiger partial charge >= 0.3 is 5.97 Å². The third kappa shape index (κ3) is 3.75. The zero-order valence-electron chi connectivity index (χ0n) is 12.6. The van der Waals surface area contributed by atoms with Crippen molar-refractivity contribution in [3.8, 4) is 5.75 Å². The van der Waals surface area contributed by atoms with Gasteiger partial charge in [-0.25, -0.2) is 4.79 Å². The molecule has 3 nitrogen and oxygen atoms in total. The van der Waals surface area contributed by atoms with E-state index in [1.54, 1.807) is 24.3 Å². The minimum Gasteiger partial charge on any atom is -0.489 e. The molecule has 0 radical (unpaired) electrons. The molecule has 1 saturated carbocycles. The molecule has 1 aromatic rings. The maximum atomic E-state index is 12.5. The van der Waals surface area contributed by atoms with Gasteiger partial charge in [0.25, 0.3) is 0 Å². The first-order valence-corrected chi connectivity index (χ1v) is 7.31. The summed E-state index contributed by atoms with van der Waals surface area (Å²) in [6, 6.07) is 5.39. The van der Waals surface area contributed by atoms with Crippen molar-refractivity contribution in [3.63, 3.8) is 0 Å². The Morgan fingerprint density at radius 2 is 2.05 bits per heavy atom. The van der Waals surface area contributed by atoms with Crippen LogP contribution in [-0.4, -0.2) is 18.2 Å². The molecular formula is C18H22O3. The highest BCUT2D eigenvalue weighted by atomic mass is 16.6. The lowest BCUT2D eigenvalue weighted by atomic mass is 10.0. The average molecular weight is 286 g/mol. The third-order valence-electron chi connectivity index (χ3n) is 3.82. The average Bonchev–Trinajstić information content (AvgIpc) is 2.91. The van der Waals surface area contributed by atoms with E-state index in [1.807, 2.05) is 13.0 Å². The number of rotatable bonds is 6. The summed E-state index contributed by atoms with van der Waals surface area (Å²) >= 11 is 0. The van der Waals surface area contributed by atoms with Gasteiger partial charge in [0.1, 0.15) is 23.5 Å². The van der Waals surface area contributed by atoms with E-state index in [2.05, 4.69) is 13.2 Å². The van der Waals surface area contributed by atoms with Crippen LogP contribution < -0.4 is 4.74 Å². The zero-order chi connectivity index (χ0) is 15.3. The molecular weight excluding hydrogens is 264 g/mol. The zero-order valence-corrected chi connectivity index (χ0v) is 12.6. The molecule has 0 saturated heterocycles. The lowest BCUT2D eigenvalue weighted by Gasteiger charge is -2.24. The van der Waals surface area contributed by atoms with Crippen LogP contribution in [0.4, 0.5) is 0 Å². The highest BCUT2D eigenvalue weighted by Gasteiger charge is 2.33. The van der Waals surface area contributed by atoms with Crippen LogP contribution in [0.5, 0.6) is 5.75 Å². The Hall–Kier alpha value is -2.03. The highest BCUT2D eigenvalue weighted by molar-refractivity contribution is 5.93. The fourth-order valence-corrected chi connectivity index (χ4v) is 2.61. The van der Waals surface area contributed by atoms with Crippen LogP contribution in [0.25, 0.3) is 6.08 Å². The molecule has 1 fully saturated rings. The first-order valence-electron chi connectivity index (χ1n) is 7.31. The molecule has 0 bridgehead atoms. The van der Waals surface area contributed by atoms with Crippen LogP contribution in [-0.2, 0) is 4.74 Å². The quantitative estimate of drug-likeness (QED) is 0.575. The van der Waals surface area contributed by atoms with Crippen LogP contribution in [0, 0.1) is 0 Å². The molecule has 1 aliphatic rings. The molecule has 0 spiro atoms. The minimum absolute atomic E-state index is 0.331. The number of carbonyl (C=O) groups excluding carboxylic acids is 1. The number of benzene rings is 1. The summed E-state index contributed by atoms with van der Waals surface area (Å²) in [6.07, 6.45) is 7.40. The van der Waals surface area contributed by atoms with E-state index in [1.165, 1.54) is 0 Å². The molecule has 0 aliphatic heterocycles.